The summed E-state index contributed by atoms with van der Waals surface area (Å²) in [6, 6.07) is 0. The summed E-state index contributed by atoms with van der Waals surface area (Å²) in [5, 5.41) is 0. The van der Waals surface area contributed by atoms with Gasteiger partial charge in [0.2, 0.25) is 0 Å². The van der Waals surface area contributed by atoms with E-state index in [-0.39, 0.29) is 0 Å². The van der Waals surface area contributed by atoms with Crippen LogP contribution in [0.3, 0.4) is 0 Å². The maximum absolute atomic E-state index is 14.4. The van der Waals surface area contributed by atoms with Crippen molar-refractivity contribution < 1.29 is 132 Å². The first-order valence-electron chi connectivity index (χ1n) is 16.2. The number of halogens is 30. The molecule has 6 aromatic rings. The topological polar surface area (TPSA) is 0 Å². The van der Waals surface area contributed by atoms with Crippen LogP contribution in [0.1, 0.15) is 0 Å². The Hall–Kier alpha value is -5.69. The van der Waals surface area contributed by atoms with Crippen LogP contribution in [0.2, 0.25) is 0 Å². The Bertz CT molecular complexity index is 2440. The van der Waals surface area contributed by atoms with Crippen LogP contribution < -0.4 is 26.4 Å². The van der Waals surface area contributed by atoms with Crippen molar-refractivity contribution >= 4 is 55.1 Å². The van der Waals surface area contributed by atoms with Gasteiger partial charge in [0.15, 0.2) is 0 Å². The molecule has 0 saturated carbocycles. The summed E-state index contributed by atoms with van der Waals surface area (Å²) in [6.45, 7) is 0. The van der Waals surface area contributed by atoms with Gasteiger partial charge in [0, 0.05) is 0 Å². The van der Waals surface area contributed by atoms with Crippen LogP contribution in [0.5, 0.6) is 0 Å². The summed E-state index contributed by atoms with van der Waals surface area (Å²) in [5.74, 6) is -88.9. The van der Waals surface area contributed by atoms with Crippen molar-refractivity contribution in [3.63, 3.8) is 0 Å². The molecule has 362 valence electrons. The standard InChI is InChI=1S/2C18F15Ge/c2*19-1-4(22)10(28)16(11(29)5(1)23)34(17-12(30)6(24)2(20)7(25)13(17)31)18-14(32)8(26)3(21)9(27)15(18)33. The van der Waals surface area contributed by atoms with Crippen molar-refractivity contribution in [1.82, 2.24) is 0 Å². The van der Waals surface area contributed by atoms with Gasteiger partial charge in [-0.2, -0.15) is 0 Å². The number of hydrogen-bond donors (Lipinski definition) is 0. The minimum absolute atomic E-state index is 2.51. The Morgan fingerprint density at radius 2 is 0.162 bits per heavy atom. The van der Waals surface area contributed by atoms with Crippen LogP contribution in [-0.2, 0) is 0 Å². The molecule has 6 aromatic carbocycles. The van der Waals surface area contributed by atoms with Crippen LogP contribution in [0.25, 0.3) is 0 Å². The molecule has 0 atom stereocenters. The molecule has 6 rings (SSSR count). The fourth-order valence-corrected chi connectivity index (χ4v) is 17.1. The third-order valence-electron chi connectivity index (χ3n) is 8.76. The molecule has 0 aliphatic carbocycles. The van der Waals surface area contributed by atoms with Crippen LogP contribution in [-0.4, -0.2) is 28.7 Å². The SMILES string of the molecule is Fc1c(F)c(F)[c]([Ge]([c]2c(F)c(F)c(F)c(F)c2F)[c]2c(F)c(F)c(F)c(F)c2F)c(F)c1F.Fc1c(F)c(F)[c]([Ge]([c]2c(F)c(F)c(F)c(F)c2F)[c]2c(F)c(F)c(F)c(F)c2F)c(F)c1F. The normalized spacial score (nSPS) is 11.6. The van der Waals surface area contributed by atoms with Gasteiger partial charge in [-0.15, -0.1) is 0 Å². The van der Waals surface area contributed by atoms with E-state index in [1.165, 1.54) is 0 Å². The Morgan fingerprint density at radius 1 is 0.103 bits per heavy atom. The molecule has 0 saturated heterocycles. The molecular formula is C36F30Ge2. The van der Waals surface area contributed by atoms with Crippen LogP contribution in [0.4, 0.5) is 132 Å². The average molecular weight is 1150 g/mol. The van der Waals surface area contributed by atoms with E-state index in [2.05, 4.69) is 0 Å². The van der Waals surface area contributed by atoms with Crippen molar-refractivity contribution in [2.45, 2.75) is 0 Å². The molecule has 0 bridgehead atoms. The number of hydrogen-bond acceptors (Lipinski definition) is 0. The van der Waals surface area contributed by atoms with Crippen LogP contribution in [0, 0.1) is 175 Å². The van der Waals surface area contributed by atoms with Gasteiger partial charge in [0.25, 0.3) is 0 Å². The van der Waals surface area contributed by atoms with Crippen LogP contribution >= 0.6 is 0 Å². The summed E-state index contributed by atoms with van der Waals surface area (Å²) < 4.78 is 403. The second-order valence-corrected chi connectivity index (χ2v) is 21.9. The molecular weight excluding hydrogens is 1150 g/mol. The zero-order valence-corrected chi connectivity index (χ0v) is 34.5. The van der Waals surface area contributed by atoms with Gasteiger partial charge in [-0.25, -0.2) is 0 Å². The number of rotatable bonds is 6. The molecule has 68 heavy (non-hydrogen) atoms. The molecule has 0 spiro atoms. The second-order valence-electron chi connectivity index (χ2n) is 12.4. The van der Waals surface area contributed by atoms with Gasteiger partial charge in [-0.3, -0.25) is 0 Å². The van der Waals surface area contributed by atoms with Gasteiger partial charge >= 0.3 is 361 Å². The zero-order chi connectivity index (χ0) is 51.9. The zero-order valence-electron chi connectivity index (χ0n) is 30.3. The first kappa shape index (κ1) is 53.3. The molecule has 2 radical (unpaired) electrons. The molecule has 0 aliphatic heterocycles. The van der Waals surface area contributed by atoms with Gasteiger partial charge in [0.05, 0.1) is 0 Å². The van der Waals surface area contributed by atoms with E-state index in [1.807, 2.05) is 0 Å². The van der Waals surface area contributed by atoms with Gasteiger partial charge in [-0.1, -0.05) is 0 Å². The Balaban J connectivity index is 0.000000254. The Morgan fingerprint density at radius 3 is 0.235 bits per heavy atom. The van der Waals surface area contributed by atoms with Crippen molar-refractivity contribution in [3.8, 4) is 0 Å². The Kier molecular flexibility index (Phi) is 14.9. The van der Waals surface area contributed by atoms with E-state index in [1.54, 1.807) is 0 Å². The summed E-state index contributed by atoms with van der Waals surface area (Å²) >= 11 is -12.7. The Labute approximate surface area is 360 Å². The summed E-state index contributed by atoms with van der Waals surface area (Å²) in [5.41, 5.74) is 0. The van der Waals surface area contributed by atoms with Crippen molar-refractivity contribution in [1.29, 1.82) is 0 Å². The van der Waals surface area contributed by atoms with E-state index in [0.717, 1.165) is 0 Å². The molecule has 0 nitrogen and oxygen atoms in total. The third kappa shape index (κ3) is 8.05. The fraction of sp³-hybridized carbons (Fsp3) is 0. The minimum atomic E-state index is -6.37. The molecule has 0 heterocycles. The number of benzene rings is 6. The maximum atomic E-state index is 14.4. The van der Waals surface area contributed by atoms with Crippen molar-refractivity contribution in [2.75, 3.05) is 0 Å². The summed E-state index contributed by atoms with van der Waals surface area (Å²) in [7, 11) is 0. The fourth-order valence-electron chi connectivity index (χ4n) is 5.70. The third-order valence-corrected chi connectivity index (χ3v) is 20.6. The first-order valence-corrected chi connectivity index (χ1v) is 22.5. The van der Waals surface area contributed by atoms with E-state index in [9.17, 15) is 132 Å². The average Bonchev–Trinajstić information content (AvgIpc) is 3.31. The van der Waals surface area contributed by atoms with Crippen LogP contribution in [0.15, 0.2) is 0 Å². The van der Waals surface area contributed by atoms with Gasteiger partial charge in [-0.05, 0) is 0 Å². The van der Waals surface area contributed by atoms with Crippen molar-refractivity contribution in [2.24, 2.45) is 0 Å². The quantitative estimate of drug-likeness (QED) is 0.0680. The first-order chi connectivity index (χ1) is 31.3. The van der Waals surface area contributed by atoms with Gasteiger partial charge < -0.3 is 0 Å². The predicted molar refractivity (Wildman–Crippen MR) is 167 cm³/mol. The molecule has 0 amide bonds. The monoisotopic (exact) mass is 1150 g/mol. The van der Waals surface area contributed by atoms with E-state index < -0.39 is 230 Å². The second kappa shape index (κ2) is 19.0. The molecule has 0 fully saturated rings. The summed E-state index contributed by atoms with van der Waals surface area (Å²) in [6.07, 6.45) is 0. The molecule has 0 aliphatic rings. The molecule has 0 unspecified atom stereocenters. The van der Waals surface area contributed by atoms with E-state index >= 15 is 0 Å². The molecule has 32 heteroatoms. The molecule has 0 N–H and O–H groups in total. The van der Waals surface area contributed by atoms with E-state index in [4.69, 9.17) is 0 Å². The molecule has 0 aromatic heterocycles. The van der Waals surface area contributed by atoms with E-state index in [0.29, 0.717) is 0 Å². The predicted octanol–water partition coefficient (Wildman–Crippen LogP) is 8.58. The van der Waals surface area contributed by atoms with Gasteiger partial charge in [0.1, 0.15) is 0 Å². The van der Waals surface area contributed by atoms with Crippen molar-refractivity contribution in [3.05, 3.63) is 175 Å². The summed E-state index contributed by atoms with van der Waals surface area (Å²) in [4.78, 5) is 0.